The summed E-state index contributed by atoms with van der Waals surface area (Å²) in [5.74, 6) is 1.35. The normalized spacial score (nSPS) is 10.9. The van der Waals surface area contributed by atoms with Gasteiger partial charge in [0.15, 0.2) is 5.13 Å². The number of fused-ring (bicyclic) bond motifs is 1. The van der Waals surface area contributed by atoms with Gasteiger partial charge < -0.3 is 4.74 Å². The Labute approximate surface area is 203 Å². The van der Waals surface area contributed by atoms with Crippen molar-refractivity contribution in [2.24, 2.45) is 0 Å². The van der Waals surface area contributed by atoms with Gasteiger partial charge in [-0.05, 0) is 66.9 Å². The lowest BCUT2D eigenvalue weighted by Gasteiger charge is -2.20. The second-order valence-electron chi connectivity index (χ2n) is 8.19. The van der Waals surface area contributed by atoms with Crippen LogP contribution >= 0.6 is 11.3 Å². The van der Waals surface area contributed by atoms with E-state index in [9.17, 15) is 4.79 Å². The SMILES string of the molecule is Cc1ccc(C)c2sc(N(Cc3ccccc3)C(=O)c3ccc(Oc4ccccc4)cc3)nc12. The quantitative estimate of drug-likeness (QED) is 0.260. The van der Waals surface area contributed by atoms with Crippen LogP contribution in [-0.2, 0) is 6.54 Å². The number of rotatable bonds is 6. The van der Waals surface area contributed by atoms with Gasteiger partial charge in [0.1, 0.15) is 11.5 Å². The number of hydrogen-bond donors (Lipinski definition) is 0. The molecule has 1 heterocycles. The minimum absolute atomic E-state index is 0.0931. The molecule has 4 nitrogen and oxygen atoms in total. The van der Waals surface area contributed by atoms with Crippen LogP contribution in [0.3, 0.4) is 0 Å². The van der Waals surface area contributed by atoms with Crippen LogP contribution in [0.1, 0.15) is 27.0 Å². The minimum atomic E-state index is -0.0931. The fraction of sp³-hybridized carbons (Fsp3) is 0.103. The lowest BCUT2D eigenvalue weighted by Crippen LogP contribution is -2.30. The highest BCUT2D eigenvalue weighted by Gasteiger charge is 2.23. The molecule has 4 aromatic carbocycles. The zero-order chi connectivity index (χ0) is 23.5. The Balaban J connectivity index is 1.48. The topological polar surface area (TPSA) is 42.4 Å². The first-order valence-corrected chi connectivity index (χ1v) is 12.0. The number of hydrogen-bond acceptors (Lipinski definition) is 4. The second kappa shape index (κ2) is 9.49. The van der Waals surface area contributed by atoms with Crippen molar-refractivity contribution in [2.75, 3.05) is 4.90 Å². The number of carbonyl (C=O) groups is 1. The fourth-order valence-electron chi connectivity index (χ4n) is 3.80. The maximum atomic E-state index is 13.7. The molecule has 0 bridgehead atoms. The highest BCUT2D eigenvalue weighted by Crippen LogP contribution is 2.34. The van der Waals surface area contributed by atoms with Crippen molar-refractivity contribution in [3.8, 4) is 11.5 Å². The van der Waals surface area contributed by atoms with Crippen molar-refractivity contribution >= 4 is 32.6 Å². The lowest BCUT2D eigenvalue weighted by atomic mass is 10.1. The number of nitrogens with zero attached hydrogens (tertiary/aromatic N) is 2. The van der Waals surface area contributed by atoms with Crippen molar-refractivity contribution in [1.29, 1.82) is 0 Å². The molecule has 1 amide bonds. The van der Waals surface area contributed by atoms with Crippen molar-refractivity contribution in [3.05, 3.63) is 119 Å². The molecule has 5 heteroatoms. The smallest absolute Gasteiger partial charge is 0.260 e. The van der Waals surface area contributed by atoms with E-state index in [1.807, 2.05) is 84.9 Å². The van der Waals surface area contributed by atoms with Crippen molar-refractivity contribution in [3.63, 3.8) is 0 Å². The number of para-hydroxylation sites is 1. The monoisotopic (exact) mass is 464 g/mol. The standard InChI is InChI=1S/C29H24N2O2S/c1-20-13-14-21(2)27-26(20)30-29(34-27)31(19-22-9-5-3-6-10-22)28(32)23-15-17-25(18-16-23)33-24-11-7-4-8-12-24/h3-18H,19H2,1-2H3. The summed E-state index contributed by atoms with van der Waals surface area (Å²) in [6.45, 7) is 4.58. The molecule has 0 aliphatic carbocycles. The summed E-state index contributed by atoms with van der Waals surface area (Å²) in [4.78, 5) is 20.4. The Morgan fingerprint density at radius 1 is 0.794 bits per heavy atom. The predicted molar refractivity (Wildman–Crippen MR) is 139 cm³/mol. The third kappa shape index (κ3) is 4.56. The van der Waals surface area contributed by atoms with E-state index >= 15 is 0 Å². The molecule has 0 N–H and O–H groups in total. The first-order chi connectivity index (χ1) is 16.6. The molecule has 34 heavy (non-hydrogen) atoms. The maximum absolute atomic E-state index is 13.7. The number of carbonyl (C=O) groups excluding carboxylic acids is 1. The molecular formula is C29H24N2O2S. The van der Waals surface area contributed by atoms with E-state index in [2.05, 4.69) is 26.0 Å². The molecular weight excluding hydrogens is 440 g/mol. The zero-order valence-electron chi connectivity index (χ0n) is 19.1. The molecule has 168 valence electrons. The number of thiazole rings is 1. The van der Waals surface area contributed by atoms with Crippen LogP contribution in [-0.4, -0.2) is 10.9 Å². The van der Waals surface area contributed by atoms with Crippen LogP contribution in [0.15, 0.2) is 97.1 Å². The van der Waals surface area contributed by atoms with Crippen LogP contribution in [0.25, 0.3) is 10.2 Å². The van der Waals surface area contributed by atoms with Gasteiger partial charge in [0, 0.05) is 5.56 Å². The second-order valence-corrected chi connectivity index (χ2v) is 9.17. The van der Waals surface area contributed by atoms with E-state index in [0.717, 1.165) is 27.1 Å². The molecule has 0 aliphatic rings. The molecule has 0 unspecified atom stereocenters. The lowest BCUT2D eigenvalue weighted by molar-refractivity contribution is 0.0985. The van der Waals surface area contributed by atoms with Gasteiger partial charge in [-0.2, -0.15) is 0 Å². The number of aromatic nitrogens is 1. The average molecular weight is 465 g/mol. The van der Waals surface area contributed by atoms with Crippen molar-refractivity contribution < 1.29 is 9.53 Å². The Kier molecular flexibility index (Phi) is 6.11. The Morgan fingerprint density at radius 2 is 1.41 bits per heavy atom. The zero-order valence-corrected chi connectivity index (χ0v) is 19.9. The van der Waals surface area contributed by atoms with E-state index in [4.69, 9.17) is 9.72 Å². The first kappa shape index (κ1) is 21.9. The number of anilines is 1. The molecule has 0 radical (unpaired) electrons. The third-order valence-corrected chi connectivity index (χ3v) is 6.88. The highest BCUT2D eigenvalue weighted by atomic mass is 32.1. The van der Waals surface area contributed by atoms with Gasteiger partial charge in [-0.3, -0.25) is 9.69 Å². The predicted octanol–water partition coefficient (Wildman–Crippen LogP) is 7.55. The van der Waals surface area contributed by atoms with Gasteiger partial charge in [0.25, 0.3) is 5.91 Å². The molecule has 5 rings (SSSR count). The van der Waals surface area contributed by atoms with Gasteiger partial charge in [0.2, 0.25) is 0 Å². The largest absolute Gasteiger partial charge is 0.457 e. The molecule has 0 spiro atoms. The van der Waals surface area contributed by atoms with Gasteiger partial charge in [-0.25, -0.2) is 4.98 Å². The Bertz CT molecular complexity index is 1390. The fourth-order valence-corrected chi connectivity index (χ4v) is 4.91. The molecule has 1 aromatic heterocycles. The van der Waals surface area contributed by atoms with Crippen molar-refractivity contribution in [1.82, 2.24) is 4.98 Å². The number of ether oxygens (including phenoxy) is 1. The van der Waals surface area contributed by atoms with Crippen LogP contribution in [0.4, 0.5) is 5.13 Å². The summed E-state index contributed by atoms with van der Waals surface area (Å²) in [6.07, 6.45) is 0. The number of benzene rings is 4. The molecule has 5 aromatic rings. The van der Waals surface area contributed by atoms with Crippen molar-refractivity contribution in [2.45, 2.75) is 20.4 Å². The van der Waals surface area contributed by atoms with Crippen LogP contribution in [0.2, 0.25) is 0 Å². The summed E-state index contributed by atoms with van der Waals surface area (Å²) >= 11 is 1.56. The summed E-state index contributed by atoms with van der Waals surface area (Å²) in [5, 5.41) is 0.700. The molecule has 0 aliphatic heterocycles. The van der Waals surface area contributed by atoms with E-state index < -0.39 is 0 Å². The van der Waals surface area contributed by atoms with E-state index in [1.165, 1.54) is 5.56 Å². The third-order valence-electron chi connectivity index (χ3n) is 5.67. The van der Waals surface area contributed by atoms with E-state index in [-0.39, 0.29) is 5.91 Å². The van der Waals surface area contributed by atoms with Gasteiger partial charge in [0.05, 0.1) is 16.8 Å². The van der Waals surface area contributed by atoms with Gasteiger partial charge >= 0.3 is 0 Å². The summed E-state index contributed by atoms with van der Waals surface area (Å²) in [6, 6.07) is 31.1. The van der Waals surface area contributed by atoms with E-state index in [1.54, 1.807) is 16.2 Å². The number of amides is 1. The maximum Gasteiger partial charge on any atom is 0.260 e. The minimum Gasteiger partial charge on any atom is -0.457 e. The highest BCUT2D eigenvalue weighted by molar-refractivity contribution is 7.22. The number of aryl methyl sites for hydroxylation is 2. The first-order valence-electron chi connectivity index (χ1n) is 11.1. The average Bonchev–Trinajstić information content (AvgIpc) is 3.33. The summed E-state index contributed by atoms with van der Waals surface area (Å²) in [7, 11) is 0. The molecule has 0 atom stereocenters. The van der Waals surface area contributed by atoms with Gasteiger partial charge in [-0.15, -0.1) is 0 Å². The Hall–Kier alpha value is -3.96. The molecule has 0 fully saturated rings. The molecule has 0 saturated heterocycles. The Morgan fingerprint density at radius 3 is 2.09 bits per heavy atom. The molecule has 0 saturated carbocycles. The summed E-state index contributed by atoms with van der Waals surface area (Å²) < 4.78 is 7.00. The van der Waals surface area contributed by atoms with Crippen LogP contribution in [0, 0.1) is 13.8 Å². The van der Waals surface area contributed by atoms with Crippen LogP contribution in [0.5, 0.6) is 11.5 Å². The summed E-state index contributed by atoms with van der Waals surface area (Å²) in [5.41, 5.74) is 4.87. The van der Waals surface area contributed by atoms with E-state index in [0.29, 0.717) is 23.0 Å². The van der Waals surface area contributed by atoms with Crippen LogP contribution < -0.4 is 9.64 Å². The van der Waals surface area contributed by atoms with Gasteiger partial charge in [-0.1, -0.05) is 72.0 Å².